The summed E-state index contributed by atoms with van der Waals surface area (Å²) in [5, 5.41) is 10.4. The van der Waals surface area contributed by atoms with Gasteiger partial charge in [-0.1, -0.05) is 30.3 Å². The molecule has 0 amide bonds. The van der Waals surface area contributed by atoms with Crippen molar-refractivity contribution in [2.45, 2.75) is 51.2 Å². The van der Waals surface area contributed by atoms with Crippen molar-refractivity contribution in [3.63, 3.8) is 0 Å². The largest absolute Gasteiger partial charge is 0.463 e. The van der Waals surface area contributed by atoms with Crippen molar-refractivity contribution in [1.82, 2.24) is 0 Å². The van der Waals surface area contributed by atoms with Crippen molar-refractivity contribution in [3.8, 4) is 0 Å². The molecule has 10 heteroatoms. The molecule has 1 N–H and O–H groups in total. The zero-order valence-corrected chi connectivity index (χ0v) is 16.7. The molecule has 1 saturated heterocycles. The molecule has 160 valence electrons. The second kappa shape index (κ2) is 11.1. The molecule has 1 aromatic carbocycles. The molecule has 5 atom stereocenters. The standard InChI is InChI=1S/C19H23ClO9/c1-11(21)25-10-14-16(27-12(2)22)17(26-9-13-6-4-3-5-7-13)18(19(24)28-14)29-15(23)8-20/h3-7,14,16-19,24H,8-10H2,1-2H3/t14-,16-,17+,18-,19-/m1/s1. The summed E-state index contributed by atoms with van der Waals surface area (Å²) in [4.78, 5) is 34.5. The first-order chi connectivity index (χ1) is 13.8. The normalized spacial score (nSPS) is 26.4. The molecule has 9 nitrogen and oxygen atoms in total. The third-order valence-electron chi connectivity index (χ3n) is 4.02. The van der Waals surface area contributed by atoms with Gasteiger partial charge in [-0.15, -0.1) is 11.6 Å². The molecule has 1 heterocycles. The minimum absolute atomic E-state index is 0.0746. The molecule has 0 unspecified atom stereocenters. The van der Waals surface area contributed by atoms with Crippen molar-refractivity contribution in [2.24, 2.45) is 0 Å². The summed E-state index contributed by atoms with van der Waals surface area (Å²) in [5.74, 6) is -2.50. The van der Waals surface area contributed by atoms with Crippen molar-refractivity contribution in [2.75, 3.05) is 12.5 Å². The Kier molecular flexibility index (Phi) is 8.84. The van der Waals surface area contributed by atoms with E-state index in [0.29, 0.717) is 0 Å². The number of halogens is 1. The van der Waals surface area contributed by atoms with E-state index in [1.807, 2.05) is 30.3 Å². The van der Waals surface area contributed by atoms with Crippen LogP contribution in [0.2, 0.25) is 0 Å². The topological polar surface area (TPSA) is 118 Å². The highest BCUT2D eigenvalue weighted by molar-refractivity contribution is 6.26. The molecule has 0 aliphatic carbocycles. The van der Waals surface area contributed by atoms with Gasteiger partial charge in [-0.3, -0.25) is 14.4 Å². The Bertz CT molecular complexity index is 696. The van der Waals surface area contributed by atoms with Crippen molar-refractivity contribution < 1.29 is 43.2 Å². The Hall–Kier alpha value is -2.20. The van der Waals surface area contributed by atoms with Crippen LogP contribution < -0.4 is 0 Å². The number of aliphatic hydroxyl groups excluding tert-OH is 1. The minimum Gasteiger partial charge on any atom is -0.463 e. The van der Waals surface area contributed by atoms with Crippen LogP contribution in [0.3, 0.4) is 0 Å². The molecule has 2 rings (SSSR count). The van der Waals surface area contributed by atoms with Crippen molar-refractivity contribution >= 4 is 29.5 Å². The van der Waals surface area contributed by atoms with Gasteiger partial charge >= 0.3 is 17.9 Å². The van der Waals surface area contributed by atoms with E-state index in [2.05, 4.69) is 0 Å². The highest BCUT2D eigenvalue weighted by Crippen LogP contribution is 2.28. The predicted molar refractivity (Wildman–Crippen MR) is 98.7 cm³/mol. The molecule has 0 saturated carbocycles. The SMILES string of the molecule is CC(=O)OC[C@H]1O[C@@H](O)[C@H](OC(=O)CCl)[C@@H](OCc2ccccc2)[C@@H]1OC(C)=O. The number of aliphatic hydroxyl groups is 1. The van der Waals surface area contributed by atoms with Gasteiger partial charge in [0.25, 0.3) is 0 Å². The van der Waals surface area contributed by atoms with Gasteiger partial charge in [0, 0.05) is 13.8 Å². The first kappa shape index (κ1) is 23.1. The quantitative estimate of drug-likeness (QED) is 0.365. The van der Waals surface area contributed by atoms with E-state index in [1.165, 1.54) is 13.8 Å². The first-order valence-electron chi connectivity index (χ1n) is 8.87. The summed E-state index contributed by atoms with van der Waals surface area (Å²) in [6.07, 6.45) is -6.19. The fourth-order valence-corrected chi connectivity index (χ4v) is 2.89. The van der Waals surface area contributed by atoms with E-state index < -0.39 is 54.5 Å². The van der Waals surface area contributed by atoms with Gasteiger partial charge < -0.3 is 28.8 Å². The van der Waals surface area contributed by atoms with Gasteiger partial charge in [0.15, 0.2) is 18.5 Å². The molecule has 0 radical (unpaired) electrons. The van der Waals surface area contributed by atoms with Crippen LogP contribution in [0.4, 0.5) is 0 Å². The molecular formula is C19H23ClO9. The average Bonchev–Trinajstić information content (AvgIpc) is 2.68. The Morgan fingerprint density at radius 3 is 2.31 bits per heavy atom. The highest BCUT2D eigenvalue weighted by atomic mass is 35.5. The van der Waals surface area contributed by atoms with Gasteiger partial charge in [0.05, 0.1) is 6.61 Å². The van der Waals surface area contributed by atoms with Crippen LogP contribution in [0.15, 0.2) is 30.3 Å². The summed E-state index contributed by atoms with van der Waals surface area (Å²) < 4.78 is 26.7. The summed E-state index contributed by atoms with van der Waals surface area (Å²) in [7, 11) is 0. The molecule has 29 heavy (non-hydrogen) atoms. The molecule has 0 bridgehead atoms. The van der Waals surface area contributed by atoms with Crippen molar-refractivity contribution in [1.29, 1.82) is 0 Å². The van der Waals surface area contributed by atoms with E-state index in [4.69, 9.17) is 35.3 Å². The minimum atomic E-state index is -1.62. The molecular weight excluding hydrogens is 408 g/mol. The fourth-order valence-electron chi connectivity index (χ4n) is 2.83. The lowest BCUT2D eigenvalue weighted by Gasteiger charge is -2.43. The highest BCUT2D eigenvalue weighted by Gasteiger charge is 2.50. The van der Waals surface area contributed by atoms with E-state index in [9.17, 15) is 19.5 Å². The number of hydrogen-bond acceptors (Lipinski definition) is 9. The fraction of sp³-hybridized carbons (Fsp3) is 0.526. The molecule has 1 fully saturated rings. The van der Waals surface area contributed by atoms with E-state index in [0.717, 1.165) is 5.56 Å². The number of rotatable bonds is 8. The summed E-state index contributed by atoms with van der Waals surface area (Å²) >= 11 is 5.49. The number of carbonyl (C=O) groups excluding carboxylic acids is 3. The number of alkyl halides is 1. The van der Waals surface area contributed by atoms with Crippen LogP contribution >= 0.6 is 11.6 Å². The van der Waals surface area contributed by atoms with Crippen molar-refractivity contribution in [3.05, 3.63) is 35.9 Å². The van der Waals surface area contributed by atoms with Crippen LogP contribution in [-0.4, -0.2) is 66.2 Å². The number of carbonyl (C=O) groups is 3. The van der Waals surface area contributed by atoms with Crippen LogP contribution in [0.5, 0.6) is 0 Å². The maximum absolute atomic E-state index is 11.7. The Morgan fingerprint density at radius 1 is 1.03 bits per heavy atom. The Morgan fingerprint density at radius 2 is 1.72 bits per heavy atom. The third-order valence-corrected chi connectivity index (χ3v) is 4.24. The molecule has 1 aliphatic rings. The third kappa shape index (κ3) is 6.97. The number of benzene rings is 1. The van der Waals surface area contributed by atoms with E-state index in [1.54, 1.807) is 0 Å². The van der Waals surface area contributed by atoms with Crippen LogP contribution in [0.25, 0.3) is 0 Å². The van der Waals surface area contributed by atoms with Crippen LogP contribution in [0, 0.1) is 0 Å². The smallest absolute Gasteiger partial charge is 0.321 e. The number of esters is 3. The van der Waals surface area contributed by atoms with Gasteiger partial charge in [-0.05, 0) is 5.56 Å². The predicted octanol–water partition coefficient (Wildman–Crippen LogP) is 0.934. The second-order valence-corrected chi connectivity index (χ2v) is 6.56. The van der Waals surface area contributed by atoms with Crippen LogP contribution in [-0.2, 0) is 44.7 Å². The maximum Gasteiger partial charge on any atom is 0.321 e. The summed E-state index contributed by atoms with van der Waals surface area (Å²) in [6.45, 7) is 2.16. The Balaban J connectivity index is 2.28. The summed E-state index contributed by atoms with van der Waals surface area (Å²) in [5.41, 5.74) is 0.800. The molecule has 0 spiro atoms. The summed E-state index contributed by atoms with van der Waals surface area (Å²) in [6, 6.07) is 9.09. The molecule has 1 aromatic rings. The number of hydrogen-bond donors (Lipinski definition) is 1. The molecule has 1 aliphatic heterocycles. The average molecular weight is 431 g/mol. The lowest BCUT2D eigenvalue weighted by molar-refractivity contribution is -0.302. The lowest BCUT2D eigenvalue weighted by Crippen LogP contribution is -2.62. The van der Waals surface area contributed by atoms with E-state index >= 15 is 0 Å². The monoisotopic (exact) mass is 430 g/mol. The van der Waals surface area contributed by atoms with Gasteiger partial charge in [0.2, 0.25) is 0 Å². The maximum atomic E-state index is 11.7. The van der Waals surface area contributed by atoms with E-state index in [-0.39, 0.29) is 13.2 Å². The number of ether oxygens (including phenoxy) is 5. The zero-order chi connectivity index (χ0) is 21.4. The first-order valence-corrected chi connectivity index (χ1v) is 9.40. The lowest BCUT2D eigenvalue weighted by atomic mass is 9.98. The Labute approximate surface area is 172 Å². The van der Waals surface area contributed by atoms with Crippen LogP contribution in [0.1, 0.15) is 19.4 Å². The second-order valence-electron chi connectivity index (χ2n) is 6.29. The van der Waals surface area contributed by atoms with Gasteiger partial charge in [-0.25, -0.2) is 0 Å². The molecule has 0 aromatic heterocycles. The van der Waals surface area contributed by atoms with Gasteiger partial charge in [-0.2, -0.15) is 0 Å². The van der Waals surface area contributed by atoms with Gasteiger partial charge in [0.1, 0.15) is 24.7 Å². The zero-order valence-electron chi connectivity index (χ0n) is 16.0.